The van der Waals surface area contributed by atoms with Gasteiger partial charge in [0.05, 0.1) is 6.10 Å². The zero-order valence-corrected chi connectivity index (χ0v) is 13.7. The van der Waals surface area contributed by atoms with Crippen LogP contribution in [0.3, 0.4) is 0 Å². The number of aliphatic hydroxyl groups is 1. The molecule has 0 heterocycles. The van der Waals surface area contributed by atoms with Crippen LogP contribution in [0.15, 0.2) is 35.2 Å². The first-order chi connectivity index (χ1) is 9.27. The van der Waals surface area contributed by atoms with Crippen molar-refractivity contribution < 1.29 is 5.11 Å². The lowest BCUT2D eigenvalue weighted by molar-refractivity contribution is 0.192. The number of rotatable bonds is 10. The topological polar surface area (TPSA) is 20.2 Å². The third-order valence-electron chi connectivity index (χ3n) is 3.00. The van der Waals surface area contributed by atoms with Crippen LogP contribution in [0.1, 0.15) is 39.5 Å². The molecule has 0 unspecified atom stereocenters. The van der Waals surface area contributed by atoms with Gasteiger partial charge in [0.1, 0.15) is 0 Å². The van der Waals surface area contributed by atoms with Crippen LogP contribution in [0.5, 0.6) is 0 Å². The van der Waals surface area contributed by atoms with Crippen molar-refractivity contribution in [1.29, 1.82) is 0 Å². The van der Waals surface area contributed by atoms with E-state index in [1.807, 2.05) is 30.0 Å². The second kappa shape index (κ2) is 10.6. The van der Waals surface area contributed by atoms with Crippen molar-refractivity contribution in [3.63, 3.8) is 0 Å². The predicted octanol–water partition coefficient (Wildman–Crippen LogP) is 4.84. The Morgan fingerprint density at radius 3 is 2.47 bits per heavy atom. The Morgan fingerprint density at radius 1 is 1.11 bits per heavy atom. The highest BCUT2D eigenvalue weighted by Gasteiger charge is 2.18. The molecule has 0 radical (unpaired) electrons. The smallest absolute Gasteiger partial charge is 0.0752 e. The van der Waals surface area contributed by atoms with Gasteiger partial charge >= 0.3 is 0 Å². The molecule has 3 heteroatoms. The minimum absolute atomic E-state index is 0.202. The highest BCUT2D eigenvalue weighted by atomic mass is 32.2. The summed E-state index contributed by atoms with van der Waals surface area (Å²) in [6.45, 7) is 4.42. The quantitative estimate of drug-likeness (QED) is 0.493. The summed E-state index contributed by atoms with van der Waals surface area (Å²) in [5.74, 6) is 1.97. The third kappa shape index (κ3) is 7.28. The van der Waals surface area contributed by atoms with Crippen molar-refractivity contribution >= 4 is 23.5 Å². The maximum Gasteiger partial charge on any atom is 0.0752 e. The van der Waals surface area contributed by atoms with Crippen LogP contribution in [0.4, 0.5) is 0 Å². The molecule has 0 saturated carbocycles. The van der Waals surface area contributed by atoms with Crippen LogP contribution in [0.2, 0.25) is 0 Å². The first-order valence-corrected chi connectivity index (χ1v) is 9.28. The van der Waals surface area contributed by atoms with E-state index in [4.69, 9.17) is 0 Å². The van der Waals surface area contributed by atoms with Gasteiger partial charge in [-0.3, -0.25) is 0 Å². The van der Waals surface area contributed by atoms with Crippen molar-refractivity contribution in [2.45, 2.75) is 55.8 Å². The molecular weight excluding hydrogens is 272 g/mol. The average molecular weight is 299 g/mol. The van der Waals surface area contributed by atoms with Gasteiger partial charge in [-0.25, -0.2) is 0 Å². The second-order valence-electron chi connectivity index (χ2n) is 4.74. The Kier molecular flexibility index (Phi) is 9.48. The Bertz CT molecular complexity index is 316. The van der Waals surface area contributed by atoms with E-state index in [0.29, 0.717) is 5.25 Å². The number of unbranched alkanes of at least 4 members (excludes halogenated alkanes) is 1. The Morgan fingerprint density at radius 2 is 1.84 bits per heavy atom. The highest BCUT2D eigenvalue weighted by Crippen LogP contribution is 2.26. The molecule has 2 atom stereocenters. The maximum absolute atomic E-state index is 10.4. The Balaban J connectivity index is 2.36. The van der Waals surface area contributed by atoms with E-state index in [9.17, 15) is 5.11 Å². The van der Waals surface area contributed by atoms with Crippen LogP contribution in [0.25, 0.3) is 0 Å². The lowest BCUT2D eigenvalue weighted by Crippen LogP contribution is -2.25. The summed E-state index contributed by atoms with van der Waals surface area (Å²) in [5, 5.41) is 10.8. The van der Waals surface area contributed by atoms with E-state index < -0.39 is 0 Å². The van der Waals surface area contributed by atoms with E-state index in [1.54, 1.807) is 11.8 Å². The Labute approximate surface area is 126 Å². The number of aliphatic hydroxyl groups excluding tert-OH is 1. The zero-order chi connectivity index (χ0) is 13.9. The van der Waals surface area contributed by atoms with Gasteiger partial charge in [0, 0.05) is 15.9 Å². The zero-order valence-electron chi connectivity index (χ0n) is 12.0. The molecule has 0 aromatic heterocycles. The van der Waals surface area contributed by atoms with Crippen molar-refractivity contribution in [2.24, 2.45) is 0 Å². The van der Waals surface area contributed by atoms with Crippen molar-refractivity contribution in [3.05, 3.63) is 30.3 Å². The van der Waals surface area contributed by atoms with Gasteiger partial charge in [-0.1, -0.05) is 44.9 Å². The summed E-state index contributed by atoms with van der Waals surface area (Å²) in [7, 11) is 0. The molecular formula is C16H26OS2. The number of hydrogen-bond acceptors (Lipinski definition) is 3. The molecule has 0 aliphatic rings. The fraction of sp³-hybridized carbons (Fsp3) is 0.625. The minimum atomic E-state index is -0.202. The molecule has 0 amide bonds. The lowest BCUT2D eigenvalue weighted by Gasteiger charge is -2.22. The van der Waals surface area contributed by atoms with Gasteiger partial charge in [0.15, 0.2) is 0 Å². The molecule has 108 valence electrons. The number of benzene rings is 1. The summed E-state index contributed by atoms with van der Waals surface area (Å²) in [6.07, 6.45) is 4.55. The monoisotopic (exact) mass is 298 g/mol. The summed E-state index contributed by atoms with van der Waals surface area (Å²) < 4.78 is 0. The van der Waals surface area contributed by atoms with Crippen molar-refractivity contribution in [1.82, 2.24) is 0 Å². The predicted molar refractivity (Wildman–Crippen MR) is 89.2 cm³/mol. The first-order valence-electron chi connectivity index (χ1n) is 7.25. The molecule has 0 aliphatic heterocycles. The fourth-order valence-corrected chi connectivity index (χ4v) is 4.40. The van der Waals surface area contributed by atoms with Gasteiger partial charge in [-0.2, -0.15) is 11.8 Å². The van der Waals surface area contributed by atoms with E-state index in [1.165, 1.54) is 23.5 Å². The first kappa shape index (κ1) is 16.9. The second-order valence-corrected chi connectivity index (χ2v) is 7.18. The molecule has 1 nitrogen and oxygen atoms in total. The van der Waals surface area contributed by atoms with Gasteiger partial charge in [-0.05, 0) is 30.7 Å². The number of thioether (sulfide) groups is 2. The minimum Gasteiger partial charge on any atom is -0.391 e. The molecule has 19 heavy (non-hydrogen) atoms. The van der Waals surface area contributed by atoms with Crippen LogP contribution < -0.4 is 0 Å². The molecule has 0 fully saturated rings. The summed E-state index contributed by atoms with van der Waals surface area (Å²) >= 11 is 3.71. The largest absolute Gasteiger partial charge is 0.391 e. The lowest BCUT2D eigenvalue weighted by atomic mass is 10.2. The standard InChI is InChI=1S/C16H26OS2/c1-3-5-12-18-16(9-4-2)15(17)13-19-14-10-7-6-8-11-14/h6-8,10-11,15-17H,3-5,9,12-13H2,1-2H3/t15-,16-/m0/s1. The maximum atomic E-state index is 10.4. The van der Waals surface area contributed by atoms with E-state index in [2.05, 4.69) is 26.0 Å². The van der Waals surface area contributed by atoms with Gasteiger partial charge in [0.25, 0.3) is 0 Å². The fourth-order valence-electron chi connectivity index (χ4n) is 1.86. The van der Waals surface area contributed by atoms with E-state index >= 15 is 0 Å². The van der Waals surface area contributed by atoms with Crippen LogP contribution in [0, 0.1) is 0 Å². The molecule has 0 spiro atoms. The molecule has 0 aliphatic carbocycles. The average Bonchev–Trinajstić information content (AvgIpc) is 2.45. The molecule has 1 rings (SSSR count). The van der Waals surface area contributed by atoms with Crippen molar-refractivity contribution in [3.8, 4) is 0 Å². The molecule has 0 saturated heterocycles. The highest BCUT2D eigenvalue weighted by molar-refractivity contribution is 8.00. The van der Waals surface area contributed by atoms with Crippen molar-refractivity contribution in [2.75, 3.05) is 11.5 Å². The third-order valence-corrected chi connectivity index (χ3v) is 5.61. The molecule has 1 N–H and O–H groups in total. The van der Waals surface area contributed by atoms with E-state index in [-0.39, 0.29) is 6.10 Å². The molecule has 1 aromatic carbocycles. The van der Waals surface area contributed by atoms with Gasteiger partial charge < -0.3 is 5.11 Å². The van der Waals surface area contributed by atoms with Crippen LogP contribution >= 0.6 is 23.5 Å². The van der Waals surface area contributed by atoms with Gasteiger partial charge in [0.2, 0.25) is 0 Å². The molecule has 1 aromatic rings. The summed E-state index contributed by atoms with van der Waals surface area (Å²) in [4.78, 5) is 1.25. The molecule has 0 bridgehead atoms. The summed E-state index contributed by atoms with van der Waals surface area (Å²) in [6, 6.07) is 10.3. The van der Waals surface area contributed by atoms with Gasteiger partial charge in [-0.15, -0.1) is 11.8 Å². The van der Waals surface area contributed by atoms with Crippen LogP contribution in [-0.4, -0.2) is 28.0 Å². The van der Waals surface area contributed by atoms with E-state index in [0.717, 1.165) is 18.6 Å². The summed E-state index contributed by atoms with van der Waals surface area (Å²) in [5.41, 5.74) is 0. The van der Waals surface area contributed by atoms with Crippen LogP contribution in [-0.2, 0) is 0 Å². The number of hydrogen-bond donors (Lipinski definition) is 1. The SMILES string of the molecule is CCCCS[C@@H](CCC)[C@@H](O)CSc1ccccc1. The normalized spacial score (nSPS) is 14.3. The Hall–Kier alpha value is -0.120.